The highest BCUT2D eigenvalue weighted by Crippen LogP contribution is 2.32. The van der Waals surface area contributed by atoms with Crippen LogP contribution in [0.25, 0.3) is 0 Å². The third kappa shape index (κ3) is 3.43. The molecule has 18 heavy (non-hydrogen) atoms. The van der Waals surface area contributed by atoms with Crippen LogP contribution in [0.2, 0.25) is 0 Å². The number of nitrogens with zero attached hydrogens (tertiary/aromatic N) is 2. The maximum Gasteiger partial charge on any atom is 0.122 e. The maximum atomic E-state index is 5.88. The number of nitrogens with two attached hydrogens (primary N) is 1. The summed E-state index contributed by atoms with van der Waals surface area (Å²) in [5.74, 6) is 0.802. The van der Waals surface area contributed by atoms with Crippen molar-refractivity contribution < 1.29 is 4.74 Å². The Bertz CT molecular complexity index is 537. The number of rotatable bonds is 4. The molecule has 2 rings (SSSR count). The highest BCUT2D eigenvalue weighted by molar-refractivity contribution is 7.99. The van der Waals surface area contributed by atoms with Gasteiger partial charge < -0.3 is 10.5 Å². The molecule has 1 aromatic carbocycles. The van der Waals surface area contributed by atoms with Gasteiger partial charge in [-0.2, -0.15) is 5.10 Å². The Morgan fingerprint density at radius 3 is 2.67 bits per heavy atom. The Balaban J connectivity index is 2.19. The molecule has 0 fully saturated rings. The highest BCUT2D eigenvalue weighted by atomic mass is 32.2. The predicted molar refractivity (Wildman–Crippen MR) is 73.9 cm³/mol. The fourth-order valence-electron chi connectivity index (χ4n) is 1.58. The van der Waals surface area contributed by atoms with Gasteiger partial charge in [0, 0.05) is 29.9 Å². The van der Waals surface area contributed by atoms with E-state index in [0.29, 0.717) is 5.69 Å². The van der Waals surface area contributed by atoms with Crippen molar-refractivity contribution in [2.45, 2.75) is 29.7 Å². The first kappa shape index (κ1) is 12.8. The lowest BCUT2D eigenvalue weighted by atomic mass is 10.3. The van der Waals surface area contributed by atoms with Crippen LogP contribution in [0.4, 0.5) is 5.69 Å². The summed E-state index contributed by atoms with van der Waals surface area (Å²) in [5, 5.41) is 4.14. The number of nitrogen functional groups attached to an aromatic ring is 1. The number of anilines is 1. The summed E-state index contributed by atoms with van der Waals surface area (Å²) in [6.07, 6.45) is 3.94. The van der Waals surface area contributed by atoms with E-state index in [0.717, 1.165) is 15.5 Å². The van der Waals surface area contributed by atoms with Gasteiger partial charge in [-0.25, -0.2) is 0 Å². The molecule has 0 spiro atoms. The summed E-state index contributed by atoms with van der Waals surface area (Å²) < 4.78 is 7.44. The molecule has 0 bridgehead atoms. The molecule has 2 N–H and O–H groups in total. The van der Waals surface area contributed by atoms with Gasteiger partial charge in [0.15, 0.2) is 0 Å². The SMILES string of the molecule is CC(C)Oc1cc(N)cc(Sc2cnn(C)c2)c1. The van der Waals surface area contributed by atoms with Gasteiger partial charge in [0.2, 0.25) is 0 Å². The summed E-state index contributed by atoms with van der Waals surface area (Å²) in [5.41, 5.74) is 6.59. The molecular formula is C13H17N3OS. The average molecular weight is 263 g/mol. The van der Waals surface area contributed by atoms with Crippen LogP contribution in [0.1, 0.15) is 13.8 Å². The molecular weight excluding hydrogens is 246 g/mol. The zero-order valence-corrected chi connectivity index (χ0v) is 11.6. The number of aromatic nitrogens is 2. The molecule has 1 heterocycles. The van der Waals surface area contributed by atoms with Crippen LogP contribution in [0, 0.1) is 0 Å². The number of benzene rings is 1. The summed E-state index contributed by atoms with van der Waals surface area (Å²) in [7, 11) is 1.90. The number of ether oxygens (including phenoxy) is 1. The van der Waals surface area contributed by atoms with Gasteiger partial charge in [0.1, 0.15) is 5.75 Å². The van der Waals surface area contributed by atoms with Crippen LogP contribution in [0.3, 0.4) is 0 Å². The van der Waals surface area contributed by atoms with Gasteiger partial charge in [-0.15, -0.1) is 0 Å². The Kier molecular flexibility index (Phi) is 3.81. The lowest BCUT2D eigenvalue weighted by Crippen LogP contribution is -2.05. The smallest absolute Gasteiger partial charge is 0.122 e. The second-order valence-electron chi connectivity index (χ2n) is 4.36. The topological polar surface area (TPSA) is 53.1 Å². The Hall–Kier alpha value is -1.62. The maximum absolute atomic E-state index is 5.88. The van der Waals surface area contributed by atoms with Gasteiger partial charge in [0.25, 0.3) is 0 Å². The lowest BCUT2D eigenvalue weighted by Gasteiger charge is -2.11. The third-order valence-corrected chi connectivity index (χ3v) is 3.11. The van der Waals surface area contributed by atoms with Crippen LogP contribution in [-0.2, 0) is 7.05 Å². The molecule has 0 saturated heterocycles. The molecule has 0 radical (unpaired) electrons. The van der Waals surface area contributed by atoms with Crippen LogP contribution in [0.15, 0.2) is 40.4 Å². The molecule has 0 aliphatic carbocycles. The monoisotopic (exact) mass is 263 g/mol. The molecule has 0 aliphatic heterocycles. The van der Waals surface area contributed by atoms with Gasteiger partial charge in [-0.05, 0) is 26.0 Å². The quantitative estimate of drug-likeness (QED) is 0.862. The molecule has 0 amide bonds. The van der Waals surface area contributed by atoms with E-state index in [4.69, 9.17) is 10.5 Å². The minimum atomic E-state index is 0.142. The second kappa shape index (κ2) is 5.35. The van der Waals surface area contributed by atoms with Crippen molar-refractivity contribution in [2.24, 2.45) is 7.05 Å². The number of aryl methyl sites for hydroxylation is 1. The number of hydrogen-bond donors (Lipinski definition) is 1. The van der Waals surface area contributed by atoms with E-state index in [1.807, 2.05) is 51.5 Å². The summed E-state index contributed by atoms with van der Waals surface area (Å²) >= 11 is 1.62. The lowest BCUT2D eigenvalue weighted by molar-refractivity contribution is 0.242. The minimum Gasteiger partial charge on any atom is -0.491 e. The second-order valence-corrected chi connectivity index (χ2v) is 5.50. The molecule has 2 aromatic rings. The van der Waals surface area contributed by atoms with Crippen molar-refractivity contribution in [3.05, 3.63) is 30.6 Å². The third-order valence-electron chi connectivity index (χ3n) is 2.19. The van der Waals surface area contributed by atoms with E-state index < -0.39 is 0 Å². The van der Waals surface area contributed by atoms with E-state index in [1.165, 1.54) is 0 Å². The Morgan fingerprint density at radius 1 is 1.28 bits per heavy atom. The van der Waals surface area contributed by atoms with Gasteiger partial charge in [0.05, 0.1) is 17.2 Å². The highest BCUT2D eigenvalue weighted by Gasteiger charge is 2.05. The van der Waals surface area contributed by atoms with Gasteiger partial charge in [-0.3, -0.25) is 4.68 Å². The fourth-order valence-corrected chi connectivity index (χ4v) is 2.53. The zero-order valence-electron chi connectivity index (χ0n) is 10.8. The van der Waals surface area contributed by atoms with Crippen molar-refractivity contribution >= 4 is 17.4 Å². The summed E-state index contributed by atoms with van der Waals surface area (Å²) in [4.78, 5) is 2.14. The average Bonchev–Trinajstić information content (AvgIpc) is 2.61. The van der Waals surface area contributed by atoms with Crippen molar-refractivity contribution in [1.29, 1.82) is 0 Å². The van der Waals surface area contributed by atoms with E-state index >= 15 is 0 Å². The first-order valence-corrected chi connectivity index (χ1v) is 6.58. The largest absolute Gasteiger partial charge is 0.491 e. The van der Waals surface area contributed by atoms with Crippen molar-refractivity contribution in [1.82, 2.24) is 9.78 Å². The van der Waals surface area contributed by atoms with Crippen molar-refractivity contribution in [2.75, 3.05) is 5.73 Å². The van der Waals surface area contributed by atoms with Crippen LogP contribution in [-0.4, -0.2) is 15.9 Å². The van der Waals surface area contributed by atoms with Crippen LogP contribution < -0.4 is 10.5 Å². The molecule has 1 aromatic heterocycles. The predicted octanol–water partition coefficient (Wildman–Crippen LogP) is 2.94. The van der Waals surface area contributed by atoms with Crippen molar-refractivity contribution in [3.63, 3.8) is 0 Å². The number of hydrogen-bond acceptors (Lipinski definition) is 4. The first-order chi connectivity index (χ1) is 8.52. The molecule has 0 atom stereocenters. The van der Waals surface area contributed by atoms with Crippen LogP contribution >= 0.6 is 11.8 Å². The standard InChI is InChI=1S/C13H17N3OS/c1-9(2)17-11-4-10(14)5-12(6-11)18-13-7-15-16(3)8-13/h4-9H,14H2,1-3H3. The van der Waals surface area contributed by atoms with E-state index in [1.54, 1.807) is 16.4 Å². The Morgan fingerprint density at radius 2 is 2.06 bits per heavy atom. The molecule has 0 unspecified atom stereocenters. The summed E-state index contributed by atoms with van der Waals surface area (Å²) in [6, 6.07) is 5.77. The van der Waals surface area contributed by atoms with Gasteiger partial charge >= 0.3 is 0 Å². The Labute approximate surface area is 111 Å². The zero-order chi connectivity index (χ0) is 13.1. The first-order valence-electron chi connectivity index (χ1n) is 5.76. The van der Waals surface area contributed by atoms with Gasteiger partial charge in [-0.1, -0.05) is 11.8 Å². The van der Waals surface area contributed by atoms with Crippen LogP contribution in [0.5, 0.6) is 5.75 Å². The summed E-state index contributed by atoms with van der Waals surface area (Å²) in [6.45, 7) is 3.99. The van der Waals surface area contributed by atoms with E-state index in [9.17, 15) is 0 Å². The molecule has 0 saturated carbocycles. The molecule has 96 valence electrons. The minimum absolute atomic E-state index is 0.142. The molecule has 5 heteroatoms. The fraction of sp³-hybridized carbons (Fsp3) is 0.308. The molecule has 4 nitrogen and oxygen atoms in total. The van der Waals surface area contributed by atoms with Crippen molar-refractivity contribution in [3.8, 4) is 5.75 Å². The molecule has 0 aliphatic rings. The van der Waals surface area contributed by atoms with E-state index in [-0.39, 0.29) is 6.10 Å². The van der Waals surface area contributed by atoms with E-state index in [2.05, 4.69) is 5.10 Å². The normalized spacial score (nSPS) is 10.9.